The molecule has 2 aromatic carbocycles. The normalized spacial score (nSPS) is 10.3. The summed E-state index contributed by atoms with van der Waals surface area (Å²) in [6, 6.07) is 16.3. The van der Waals surface area contributed by atoms with Crippen molar-refractivity contribution in [3.05, 3.63) is 60.2 Å². The van der Waals surface area contributed by atoms with Gasteiger partial charge in [0, 0.05) is 11.3 Å². The largest absolute Gasteiger partial charge is 0.462 e. The standard InChI is InChI=1S/C18H17N5O2/c1-2-25-17(24)13-8-10-14(11-9-13)20-18-21-15(16(19)22-23-18)12-6-4-3-5-7-12/h3-11H,2H2,1H3,(H2,19,22)(H,20,21,23). The number of esters is 1. The van der Waals surface area contributed by atoms with Gasteiger partial charge in [-0.15, -0.1) is 10.2 Å². The summed E-state index contributed by atoms with van der Waals surface area (Å²) < 4.78 is 4.96. The topological polar surface area (TPSA) is 103 Å². The molecule has 0 aliphatic rings. The number of nitrogens with zero attached hydrogens (tertiary/aromatic N) is 3. The first-order valence-corrected chi connectivity index (χ1v) is 7.77. The number of rotatable bonds is 5. The Kier molecular flexibility index (Phi) is 4.84. The molecule has 0 bridgehead atoms. The molecular formula is C18H17N5O2. The highest BCUT2D eigenvalue weighted by molar-refractivity contribution is 5.89. The molecule has 0 atom stereocenters. The molecular weight excluding hydrogens is 318 g/mol. The molecule has 3 rings (SSSR count). The summed E-state index contributed by atoms with van der Waals surface area (Å²) in [6.45, 7) is 2.11. The van der Waals surface area contributed by atoms with Gasteiger partial charge in [-0.3, -0.25) is 0 Å². The zero-order chi connectivity index (χ0) is 17.6. The van der Waals surface area contributed by atoms with Gasteiger partial charge in [-0.05, 0) is 31.2 Å². The highest BCUT2D eigenvalue weighted by Crippen LogP contribution is 2.23. The number of nitrogens with two attached hydrogens (primary N) is 1. The summed E-state index contributed by atoms with van der Waals surface area (Å²) in [5.74, 6) is 0.220. The lowest BCUT2D eigenvalue weighted by Crippen LogP contribution is -2.06. The second-order valence-electron chi connectivity index (χ2n) is 5.16. The molecule has 7 nitrogen and oxygen atoms in total. The maximum absolute atomic E-state index is 11.7. The van der Waals surface area contributed by atoms with Crippen molar-refractivity contribution in [2.24, 2.45) is 0 Å². The molecule has 7 heteroatoms. The van der Waals surface area contributed by atoms with Crippen molar-refractivity contribution in [3.8, 4) is 11.3 Å². The van der Waals surface area contributed by atoms with Crippen LogP contribution in [0.15, 0.2) is 54.6 Å². The Morgan fingerprint density at radius 1 is 1.08 bits per heavy atom. The van der Waals surface area contributed by atoms with Gasteiger partial charge in [0.15, 0.2) is 5.82 Å². The molecule has 25 heavy (non-hydrogen) atoms. The molecule has 0 radical (unpaired) electrons. The second-order valence-corrected chi connectivity index (χ2v) is 5.16. The quantitative estimate of drug-likeness (QED) is 0.691. The Hall–Kier alpha value is -3.48. The van der Waals surface area contributed by atoms with Gasteiger partial charge >= 0.3 is 5.97 Å². The predicted octanol–water partition coefficient (Wildman–Crippen LogP) is 3.04. The molecule has 0 saturated carbocycles. The van der Waals surface area contributed by atoms with Crippen LogP contribution >= 0.6 is 0 Å². The molecule has 0 aliphatic heterocycles. The molecule has 3 N–H and O–H groups in total. The summed E-state index contributed by atoms with van der Waals surface area (Å²) in [7, 11) is 0. The van der Waals surface area contributed by atoms with E-state index in [2.05, 4.69) is 20.5 Å². The molecule has 1 heterocycles. The number of hydrogen-bond acceptors (Lipinski definition) is 7. The number of hydrogen-bond donors (Lipinski definition) is 2. The van der Waals surface area contributed by atoms with Crippen LogP contribution in [0.25, 0.3) is 11.3 Å². The second kappa shape index (κ2) is 7.39. The summed E-state index contributed by atoms with van der Waals surface area (Å²) in [5.41, 5.74) is 8.50. The van der Waals surface area contributed by atoms with Crippen molar-refractivity contribution in [3.63, 3.8) is 0 Å². The number of aromatic nitrogens is 3. The number of nitrogens with one attached hydrogen (secondary N) is 1. The predicted molar refractivity (Wildman–Crippen MR) is 95.4 cm³/mol. The molecule has 0 unspecified atom stereocenters. The van der Waals surface area contributed by atoms with E-state index >= 15 is 0 Å². The zero-order valence-corrected chi connectivity index (χ0v) is 13.6. The van der Waals surface area contributed by atoms with Crippen molar-refractivity contribution < 1.29 is 9.53 Å². The molecule has 0 fully saturated rings. The summed E-state index contributed by atoms with van der Waals surface area (Å²) in [6.07, 6.45) is 0. The van der Waals surface area contributed by atoms with Crippen LogP contribution in [0.4, 0.5) is 17.5 Å². The average Bonchev–Trinajstić information content (AvgIpc) is 2.65. The third kappa shape index (κ3) is 3.89. The number of ether oxygens (including phenoxy) is 1. The average molecular weight is 335 g/mol. The lowest BCUT2D eigenvalue weighted by atomic mass is 10.1. The fraction of sp³-hybridized carbons (Fsp3) is 0.111. The highest BCUT2D eigenvalue weighted by atomic mass is 16.5. The van der Waals surface area contributed by atoms with E-state index < -0.39 is 0 Å². The molecule has 3 aromatic rings. The van der Waals surface area contributed by atoms with E-state index in [0.29, 0.717) is 23.8 Å². The van der Waals surface area contributed by atoms with E-state index in [1.54, 1.807) is 31.2 Å². The van der Waals surface area contributed by atoms with Crippen LogP contribution in [0.1, 0.15) is 17.3 Å². The Bertz CT molecular complexity index is 866. The van der Waals surface area contributed by atoms with Crippen molar-refractivity contribution in [2.45, 2.75) is 6.92 Å². The molecule has 1 aromatic heterocycles. The molecule has 0 spiro atoms. The van der Waals surface area contributed by atoms with Crippen LogP contribution in [-0.4, -0.2) is 27.8 Å². The summed E-state index contributed by atoms with van der Waals surface area (Å²) in [5, 5.41) is 11.0. The maximum atomic E-state index is 11.7. The van der Waals surface area contributed by atoms with Gasteiger partial charge in [0.05, 0.1) is 12.2 Å². The van der Waals surface area contributed by atoms with Gasteiger partial charge in [-0.25, -0.2) is 9.78 Å². The fourth-order valence-electron chi connectivity index (χ4n) is 2.23. The van der Waals surface area contributed by atoms with E-state index in [-0.39, 0.29) is 11.8 Å². The van der Waals surface area contributed by atoms with Crippen molar-refractivity contribution >= 4 is 23.4 Å². The Morgan fingerprint density at radius 2 is 1.80 bits per heavy atom. The summed E-state index contributed by atoms with van der Waals surface area (Å²) in [4.78, 5) is 16.1. The Morgan fingerprint density at radius 3 is 2.48 bits per heavy atom. The van der Waals surface area contributed by atoms with E-state index in [0.717, 1.165) is 11.3 Å². The molecule has 0 saturated heterocycles. The van der Waals surface area contributed by atoms with Crippen LogP contribution in [0.2, 0.25) is 0 Å². The first kappa shape index (κ1) is 16.4. The van der Waals surface area contributed by atoms with Gasteiger partial charge < -0.3 is 15.8 Å². The van der Waals surface area contributed by atoms with Gasteiger partial charge in [0.2, 0.25) is 5.95 Å². The van der Waals surface area contributed by atoms with Crippen LogP contribution < -0.4 is 11.1 Å². The van der Waals surface area contributed by atoms with Crippen LogP contribution in [0, 0.1) is 0 Å². The highest BCUT2D eigenvalue weighted by Gasteiger charge is 2.10. The Balaban J connectivity index is 1.80. The number of anilines is 3. The number of nitrogen functional groups attached to an aromatic ring is 1. The maximum Gasteiger partial charge on any atom is 0.338 e. The minimum atomic E-state index is -0.356. The first-order valence-electron chi connectivity index (χ1n) is 7.77. The van der Waals surface area contributed by atoms with Gasteiger partial charge in [0.1, 0.15) is 5.69 Å². The third-order valence-electron chi connectivity index (χ3n) is 3.41. The van der Waals surface area contributed by atoms with E-state index in [9.17, 15) is 4.79 Å². The molecule has 126 valence electrons. The Labute approximate surface area is 144 Å². The molecule has 0 aliphatic carbocycles. The first-order chi connectivity index (χ1) is 12.2. The fourth-order valence-corrected chi connectivity index (χ4v) is 2.23. The van der Waals surface area contributed by atoms with Gasteiger partial charge in [0.25, 0.3) is 0 Å². The number of carbonyl (C=O) groups excluding carboxylic acids is 1. The minimum absolute atomic E-state index is 0.259. The number of carbonyl (C=O) groups is 1. The number of benzene rings is 2. The van der Waals surface area contributed by atoms with E-state index in [1.807, 2.05) is 30.3 Å². The minimum Gasteiger partial charge on any atom is -0.462 e. The van der Waals surface area contributed by atoms with Crippen molar-refractivity contribution in [1.82, 2.24) is 15.2 Å². The van der Waals surface area contributed by atoms with Gasteiger partial charge in [-0.2, -0.15) is 0 Å². The lowest BCUT2D eigenvalue weighted by Gasteiger charge is -2.08. The van der Waals surface area contributed by atoms with E-state index in [4.69, 9.17) is 10.5 Å². The monoisotopic (exact) mass is 335 g/mol. The van der Waals surface area contributed by atoms with Crippen LogP contribution in [-0.2, 0) is 4.74 Å². The third-order valence-corrected chi connectivity index (χ3v) is 3.41. The molecule has 0 amide bonds. The van der Waals surface area contributed by atoms with Crippen molar-refractivity contribution in [1.29, 1.82) is 0 Å². The van der Waals surface area contributed by atoms with Crippen LogP contribution in [0.5, 0.6) is 0 Å². The SMILES string of the molecule is CCOC(=O)c1ccc(Nc2nnc(N)c(-c3ccccc3)n2)cc1. The van der Waals surface area contributed by atoms with Gasteiger partial charge in [-0.1, -0.05) is 30.3 Å². The summed E-state index contributed by atoms with van der Waals surface area (Å²) >= 11 is 0. The smallest absolute Gasteiger partial charge is 0.338 e. The van der Waals surface area contributed by atoms with Crippen LogP contribution in [0.3, 0.4) is 0 Å². The lowest BCUT2D eigenvalue weighted by molar-refractivity contribution is 0.0526. The zero-order valence-electron chi connectivity index (χ0n) is 13.6. The van der Waals surface area contributed by atoms with E-state index in [1.165, 1.54) is 0 Å². The van der Waals surface area contributed by atoms with Crippen molar-refractivity contribution in [2.75, 3.05) is 17.7 Å².